The molecule has 1 aromatic carbocycles. The molecule has 0 unspecified atom stereocenters. The molecule has 0 aromatic heterocycles. The van der Waals surface area contributed by atoms with Crippen LogP contribution in [0.25, 0.3) is 6.08 Å². The van der Waals surface area contributed by atoms with Crippen molar-refractivity contribution in [1.82, 2.24) is 10.2 Å². The topological polar surface area (TPSA) is 113 Å². The minimum Gasteiger partial charge on any atom is -0.481 e. The minimum atomic E-state index is -1.13. The van der Waals surface area contributed by atoms with Crippen LogP contribution in [0.4, 0.5) is 4.79 Å². The predicted octanol–water partition coefficient (Wildman–Crippen LogP) is 1.96. The Morgan fingerprint density at radius 2 is 2.00 bits per heavy atom. The van der Waals surface area contributed by atoms with Crippen LogP contribution < -0.4 is 10.1 Å². The molecule has 8 nitrogen and oxygen atoms in total. The van der Waals surface area contributed by atoms with Crippen molar-refractivity contribution in [2.45, 2.75) is 13.8 Å². The molecule has 0 aliphatic carbocycles. The monoisotopic (exact) mass is 392 g/mol. The second-order valence-corrected chi connectivity index (χ2v) is 7.18. The number of rotatable bonds is 8. The molecule has 1 heterocycles. The number of hydrogen-bond acceptors (Lipinski definition) is 6. The van der Waals surface area contributed by atoms with Gasteiger partial charge in [0.1, 0.15) is 12.3 Å². The van der Waals surface area contributed by atoms with Crippen LogP contribution in [0, 0.1) is 5.92 Å². The highest BCUT2D eigenvalue weighted by Gasteiger charge is 2.36. The molecule has 1 aliphatic heterocycles. The van der Waals surface area contributed by atoms with E-state index >= 15 is 0 Å². The number of para-hydroxylation sites is 1. The first kappa shape index (κ1) is 20.5. The zero-order valence-electron chi connectivity index (χ0n) is 14.9. The summed E-state index contributed by atoms with van der Waals surface area (Å²) in [5.41, 5.74) is 0.466. The maximum Gasteiger partial charge on any atom is 0.341 e. The molecular weight excluding hydrogens is 372 g/mol. The number of hydrogen-bond donors (Lipinski definition) is 2. The number of ether oxygens (including phenoxy) is 1. The lowest BCUT2D eigenvalue weighted by Gasteiger charge is -2.13. The van der Waals surface area contributed by atoms with E-state index in [0.29, 0.717) is 12.1 Å². The summed E-state index contributed by atoms with van der Waals surface area (Å²) in [6.07, 6.45) is 1.45. The van der Waals surface area contributed by atoms with Gasteiger partial charge in [-0.3, -0.25) is 19.3 Å². The van der Waals surface area contributed by atoms with E-state index in [-0.39, 0.29) is 23.1 Å². The van der Waals surface area contributed by atoms with Gasteiger partial charge in [-0.25, -0.2) is 4.79 Å². The lowest BCUT2D eigenvalue weighted by atomic mass is 10.2. The van der Waals surface area contributed by atoms with E-state index in [4.69, 9.17) is 9.84 Å². The van der Waals surface area contributed by atoms with Crippen molar-refractivity contribution in [2.24, 2.45) is 5.92 Å². The van der Waals surface area contributed by atoms with Crippen LogP contribution in [-0.4, -0.2) is 52.7 Å². The average molecular weight is 392 g/mol. The molecule has 0 radical (unpaired) electrons. The number of benzene rings is 1. The lowest BCUT2D eigenvalue weighted by molar-refractivity contribution is -0.139. The zero-order valence-corrected chi connectivity index (χ0v) is 15.7. The summed E-state index contributed by atoms with van der Waals surface area (Å²) in [5.74, 6) is -1.57. The molecule has 0 saturated carbocycles. The average Bonchev–Trinajstić information content (AvgIpc) is 2.86. The van der Waals surface area contributed by atoms with Crippen LogP contribution in [0.1, 0.15) is 19.4 Å². The number of imide groups is 1. The van der Waals surface area contributed by atoms with Gasteiger partial charge in [-0.2, -0.15) is 0 Å². The second kappa shape index (κ2) is 9.22. The van der Waals surface area contributed by atoms with Gasteiger partial charge in [-0.1, -0.05) is 32.0 Å². The summed E-state index contributed by atoms with van der Waals surface area (Å²) in [5, 5.41) is 10.9. The minimum absolute atomic E-state index is 0.142. The standard InChI is InChI=1S/C18H20N2O6S/c1-11(2)8-19-15(21)9-20-17(24)14(27-18(20)25)7-12-5-3-4-6-13(12)26-10-16(22)23/h3-7,11H,8-10H2,1-2H3,(H,19,21)(H,22,23)/b14-7-. The van der Waals surface area contributed by atoms with E-state index in [1.165, 1.54) is 6.08 Å². The maximum atomic E-state index is 12.5. The number of carboxylic acids is 1. The summed E-state index contributed by atoms with van der Waals surface area (Å²) in [7, 11) is 0. The van der Waals surface area contributed by atoms with E-state index in [1.54, 1.807) is 24.3 Å². The SMILES string of the molecule is CC(C)CNC(=O)CN1C(=O)S/C(=C\c2ccccc2OCC(=O)O)C1=O. The molecule has 0 atom stereocenters. The molecule has 1 saturated heterocycles. The Kier molecular flexibility index (Phi) is 7.00. The van der Waals surface area contributed by atoms with Gasteiger partial charge in [-0.15, -0.1) is 0 Å². The Hall–Kier alpha value is -2.81. The Labute approximate surface area is 160 Å². The smallest absolute Gasteiger partial charge is 0.341 e. The molecule has 27 heavy (non-hydrogen) atoms. The van der Waals surface area contributed by atoms with Gasteiger partial charge in [0.2, 0.25) is 5.91 Å². The first-order chi connectivity index (χ1) is 12.8. The number of thioether (sulfide) groups is 1. The molecule has 144 valence electrons. The number of nitrogens with zero attached hydrogens (tertiary/aromatic N) is 1. The number of amides is 3. The van der Waals surface area contributed by atoms with Gasteiger partial charge < -0.3 is 15.2 Å². The van der Waals surface area contributed by atoms with Crippen LogP contribution in [-0.2, 0) is 14.4 Å². The lowest BCUT2D eigenvalue weighted by Crippen LogP contribution is -2.40. The van der Waals surface area contributed by atoms with Gasteiger partial charge in [0.25, 0.3) is 11.1 Å². The fourth-order valence-corrected chi connectivity index (χ4v) is 2.99. The Morgan fingerprint density at radius 1 is 1.30 bits per heavy atom. The van der Waals surface area contributed by atoms with Crippen molar-refractivity contribution >= 4 is 40.9 Å². The number of aliphatic carboxylic acids is 1. The molecule has 3 amide bonds. The van der Waals surface area contributed by atoms with E-state index in [0.717, 1.165) is 16.7 Å². The summed E-state index contributed by atoms with van der Waals surface area (Å²) in [6, 6.07) is 6.57. The van der Waals surface area contributed by atoms with Crippen LogP contribution >= 0.6 is 11.8 Å². The fourth-order valence-electron chi connectivity index (χ4n) is 2.17. The van der Waals surface area contributed by atoms with Crippen molar-refractivity contribution in [3.63, 3.8) is 0 Å². The largest absolute Gasteiger partial charge is 0.481 e. The van der Waals surface area contributed by atoms with Gasteiger partial charge in [0, 0.05) is 12.1 Å². The Balaban J connectivity index is 2.12. The van der Waals surface area contributed by atoms with E-state index in [2.05, 4.69) is 5.32 Å². The molecule has 0 bridgehead atoms. The summed E-state index contributed by atoms with van der Waals surface area (Å²) in [4.78, 5) is 48.2. The van der Waals surface area contributed by atoms with E-state index in [9.17, 15) is 19.2 Å². The van der Waals surface area contributed by atoms with Crippen LogP contribution in [0.3, 0.4) is 0 Å². The Bertz CT molecular complexity index is 790. The third-order valence-electron chi connectivity index (χ3n) is 3.44. The molecule has 2 rings (SSSR count). The first-order valence-corrected chi connectivity index (χ1v) is 9.05. The Morgan fingerprint density at radius 3 is 2.67 bits per heavy atom. The quantitative estimate of drug-likeness (QED) is 0.650. The number of nitrogens with one attached hydrogen (secondary N) is 1. The second-order valence-electron chi connectivity index (χ2n) is 6.19. The van der Waals surface area contributed by atoms with E-state index in [1.807, 2.05) is 13.8 Å². The molecule has 2 N–H and O–H groups in total. The summed E-state index contributed by atoms with van der Waals surface area (Å²) in [6.45, 7) is 3.47. The van der Waals surface area contributed by atoms with Crippen molar-refractivity contribution in [3.8, 4) is 5.75 Å². The predicted molar refractivity (Wildman–Crippen MR) is 100 cm³/mol. The highest BCUT2D eigenvalue weighted by molar-refractivity contribution is 8.18. The van der Waals surface area contributed by atoms with Gasteiger partial charge in [0.05, 0.1) is 4.91 Å². The fraction of sp³-hybridized carbons (Fsp3) is 0.333. The summed E-state index contributed by atoms with van der Waals surface area (Å²) < 4.78 is 5.19. The van der Waals surface area contributed by atoms with Gasteiger partial charge >= 0.3 is 5.97 Å². The van der Waals surface area contributed by atoms with Gasteiger partial charge in [0.15, 0.2) is 6.61 Å². The third kappa shape index (κ3) is 5.85. The van der Waals surface area contributed by atoms with Crippen molar-refractivity contribution in [3.05, 3.63) is 34.7 Å². The number of carboxylic acid groups (broad SMARTS) is 1. The maximum absolute atomic E-state index is 12.5. The molecule has 1 aliphatic rings. The van der Waals surface area contributed by atoms with Crippen molar-refractivity contribution in [2.75, 3.05) is 19.7 Å². The molecule has 1 fully saturated rings. The zero-order chi connectivity index (χ0) is 20.0. The third-order valence-corrected chi connectivity index (χ3v) is 4.35. The van der Waals surface area contributed by atoms with Crippen LogP contribution in [0.5, 0.6) is 5.75 Å². The number of carbonyl (C=O) groups excluding carboxylic acids is 3. The van der Waals surface area contributed by atoms with Crippen LogP contribution in [0.2, 0.25) is 0 Å². The first-order valence-electron chi connectivity index (χ1n) is 8.23. The van der Waals surface area contributed by atoms with Crippen molar-refractivity contribution < 1.29 is 29.0 Å². The summed E-state index contributed by atoms with van der Waals surface area (Å²) >= 11 is 0.723. The number of carbonyl (C=O) groups is 4. The van der Waals surface area contributed by atoms with E-state index < -0.39 is 29.6 Å². The van der Waals surface area contributed by atoms with Gasteiger partial charge in [-0.05, 0) is 29.8 Å². The normalized spacial score (nSPS) is 15.5. The molecule has 0 spiro atoms. The highest BCUT2D eigenvalue weighted by atomic mass is 32.2. The van der Waals surface area contributed by atoms with Crippen LogP contribution in [0.15, 0.2) is 29.2 Å². The van der Waals surface area contributed by atoms with Crippen molar-refractivity contribution in [1.29, 1.82) is 0 Å². The molecule has 1 aromatic rings. The molecule has 9 heteroatoms. The molecular formula is C18H20N2O6S. The highest BCUT2D eigenvalue weighted by Crippen LogP contribution is 2.33.